The summed E-state index contributed by atoms with van der Waals surface area (Å²) in [4.78, 5) is 0. The van der Waals surface area contributed by atoms with Crippen molar-refractivity contribution in [1.82, 2.24) is 0 Å². The molecule has 0 radical (unpaired) electrons. The van der Waals surface area contributed by atoms with Gasteiger partial charge in [0, 0.05) is 0 Å². The molecule has 23 heavy (non-hydrogen) atoms. The first-order chi connectivity index (χ1) is 11.3. The summed E-state index contributed by atoms with van der Waals surface area (Å²) in [6, 6.07) is 16.8. The van der Waals surface area contributed by atoms with E-state index in [1.54, 1.807) is 12.4 Å². The van der Waals surface area contributed by atoms with Crippen LogP contribution in [0.2, 0.25) is 0 Å². The van der Waals surface area contributed by atoms with Gasteiger partial charge in [-0.05, 0) is 41.5 Å². The quantitative estimate of drug-likeness (QED) is 0.363. The van der Waals surface area contributed by atoms with E-state index >= 15 is 0 Å². The van der Waals surface area contributed by atoms with Gasteiger partial charge in [-0.2, -0.15) is 10.2 Å². The van der Waals surface area contributed by atoms with Gasteiger partial charge in [0.15, 0.2) is 0 Å². The summed E-state index contributed by atoms with van der Waals surface area (Å²) in [5.74, 6) is 0. The van der Waals surface area contributed by atoms with Crippen LogP contribution in [0.1, 0.15) is 42.0 Å². The molecule has 0 heterocycles. The van der Waals surface area contributed by atoms with E-state index in [2.05, 4.69) is 60.1 Å². The standard InChI is InChI=1S/C21H24N2/c1-3-5-7-19-10-14-21(15-11-19)17-23-22-16-20-12-8-18(6-4-2)9-13-20/h4,8-17H,2-3,5-7H2,1H3/b22-16+,23-17+. The first-order valence-electron chi connectivity index (χ1n) is 8.17. The molecule has 0 bridgehead atoms. The molecule has 118 valence electrons. The van der Waals surface area contributed by atoms with Crippen molar-refractivity contribution in [3.8, 4) is 0 Å². The number of unbranched alkanes of at least 4 members (excludes halogenated alkanes) is 1. The van der Waals surface area contributed by atoms with Gasteiger partial charge in [0.2, 0.25) is 0 Å². The molecule has 0 aromatic heterocycles. The van der Waals surface area contributed by atoms with Gasteiger partial charge in [-0.15, -0.1) is 6.58 Å². The number of allylic oxidation sites excluding steroid dienone is 1. The SMILES string of the molecule is C=CCc1ccc(/C=N/N=C/c2ccc(CCCC)cc2)cc1. The largest absolute Gasteiger partial charge is 0.159 e. The lowest BCUT2D eigenvalue weighted by molar-refractivity contribution is 0.795. The highest BCUT2D eigenvalue weighted by Crippen LogP contribution is 2.07. The van der Waals surface area contributed by atoms with Crippen LogP contribution in [0.15, 0.2) is 71.4 Å². The third-order valence-electron chi connectivity index (χ3n) is 3.64. The molecule has 0 aliphatic carbocycles. The predicted octanol–water partition coefficient (Wildman–Crippen LogP) is 5.21. The molecule has 0 spiro atoms. The van der Waals surface area contributed by atoms with Gasteiger partial charge in [-0.1, -0.05) is 68.0 Å². The number of hydrogen-bond acceptors (Lipinski definition) is 2. The molecule has 0 saturated heterocycles. The summed E-state index contributed by atoms with van der Waals surface area (Å²) in [5, 5.41) is 8.22. The lowest BCUT2D eigenvalue weighted by Gasteiger charge is -1.99. The first kappa shape index (κ1) is 16.9. The molecule has 2 rings (SSSR count). The highest BCUT2D eigenvalue weighted by atomic mass is 15.2. The second-order valence-corrected chi connectivity index (χ2v) is 5.57. The van der Waals surface area contributed by atoms with Crippen molar-refractivity contribution in [2.75, 3.05) is 0 Å². The Bertz CT molecular complexity index is 649. The molecule has 2 aromatic rings. The first-order valence-corrected chi connectivity index (χ1v) is 8.17. The molecule has 0 aliphatic rings. The summed E-state index contributed by atoms with van der Waals surface area (Å²) in [5.41, 5.74) is 4.75. The Kier molecular flexibility index (Phi) is 6.99. The topological polar surface area (TPSA) is 24.7 Å². The van der Waals surface area contributed by atoms with Gasteiger partial charge in [-0.25, -0.2) is 0 Å². The minimum absolute atomic E-state index is 0.893. The molecule has 2 heteroatoms. The molecule has 0 N–H and O–H groups in total. The van der Waals surface area contributed by atoms with Crippen molar-refractivity contribution in [1.29, 1.82) is 0 Å². The van der Waals surface area contributed by atoms with Gasteiger partial charge >= 0.3 is 0 Å². The van der Waals surface area contributed by atoms with Crippen LogP contribution in [0, 0.1) is 0 Å². The van der Waals surface area contributed by atoms with Crippen molar-refractivity contribution in [2.45, 2.75) is 32.6 Å². The average molecular weight is 304 g/mol. The average Bonchev–Trinajstić information content (AvgIpc) is 2.59. The minimum Gasteiger partial charge on any atom is -0.159 e. The van der Waals surface area contributed by atoms with Crippen LogP contribution >= 0.6 is 0 Å². The fourth-order valence-electron chi connectivity index (χ4n) is 2.26. The van der Waals surface area contributed by atoms with Gasteiger partial charge in [0.25, 0.3) is 0 Å². The van der Waals surface area contributed by atoms with E-state index in [1.165, 1.54) is 24.0 Å². The maximum atomic E-state index is 4.12. The van der Waals surface area contributed by atoms with Crippen molar-refractivity contribution >= 4 is 12.4 Å². The Morgan fingerprint density at radius 1 is 0.826 bits per heavy atom. The van der Waals surface area contributed by atoms with Gasteiger partial charge in [0.05, 0.1) is 12.4 Å². The van der Waals surface area contributed by atoms with Crippen LogP contribution < -0.4 is 0 Å². The number of nitrogens with zero attached hydrogens (tertiary/aromatic N) is 2. The molecule has 0 aliphatic heterocycles. The summed E-state index contributed by atoms with van der Waals surface area (Å²) in [7, 11) is 0. The number of hydrogen-bond donors (Lipinski definition) is 0. The zero-order chi connectivity index (χ0) is 16.3. The van der Waals surface area contributed by atoms with Crippen molar-refractivity contribution in [3.63, 3.8) is 0 Å². The number of aryl methyl sites for hydroxylation is 1. The van der Waals surface area contributed by atoms with Crippen LogP contribution in [0.25, 0.3) is 0 Å². The van der Waals surface area contributed by atoms with E-state index in [1.807, 2.05) is 18.2 Å². The Morgan fingerprint density at radius 2 is 1.35 bits per heavy atom. The van der Waals surface area contributed by atoms with E-state index in [4.69, 9.17) is 0 Å². The lowest BCUT2D eigenvalue weighted by atomic mass is 10.1. The van der Waals surface area contributed by atoms with Gasteiger partial charge in [-0.3, -0.25) is 0 Å². The molecule has 0 saturated carbocycles. The fourth-order valence-corrected chi connectivity index (χ4v) is 2.26. The van der Waals surface area contributed by atoms with Crippen molar-refractivity contribution in [3.05, 3.63) is 83.4 Å². The van der Waals surface area contributed by atoms with E-state index in [-0.39, 0.29) is 0 Å². The van der Waals surface area contributed by atoms with Crippen LogP contribution in [0.5, 0.6) is 0 Å². The number of rotatable bonds is 8. The Morgan fingerprint density at radius 3 is 1.83 bits per heavy atom. The monoisotopic (exact) mass is 304 g/mol. The minimum atomic E-state index is 0.893. The Hall–Kier alpha value is -2.48. The molecule has 2 nitrogen and oxygen atoms in total. The summed E-state index contributed by atoms with van der Waals surface area (Å²) >= 11 is 0. The Balaban J connectivity index is 1.88. The zero-order valence-electron chi connectivity index (χ0n) is 13.8. The molecule has 0 fully saturated rings. The van der Waals surface area contributed by atoms with E-state index < -0.39 is 0 Å². The van der Waals surface area contributed by atoms with E-state index in [9.17, 15) is 0 Å². The zero-order valence-corrected chi connectivity index (χ0v) is 13.8. The summed E-state index contributed by atoms with van der Waals surface area (Å²) in [6.45, 7) is 5.96. The van der Waals surface area contributed by atoms with Crippen LogP contribution in [0.4, 0.5) is 0 Å². The van der Waals surface area contributed by atoms with E-state index in [0.717, 1.165) is 24.0 Å². The molecular weight excluding hydrogens is 280 g/mol. The van der Waals surface area contributed by atoms with Gasteiger partial charge in [0.1, 0.15) is 0 Å². The molecule has 0 unspecified atom stereocenters. The van der Waals surface area contributed by atoms with Crippen LogP contribution in [0.3, 0.4) is 0 Å². The maximum Gasteiger partial charge on any atom is 0.0568 e. The molecule has 2 aromatic carbocycles. The summed E-state index contributed by atoms with van der Waals surface area (Å²) in [6.07, 6.45) is 9.96. The fraction of sp³-hybridized carbons (Fsp3) is 0.238. The molecular formula is C21H24N2. The van der Waals surface area contributed by atoms with Crippen molar-refractivity contribution < 1.29 is 0 Å². The second-order valence-electron chi connectivity index (χ2n) is 5.57. The highest BCUT2D eigenvalue weighted by Gasteiger charge is 1.93. The highest BCUT2D eigenvalue weighted by molar-refractivity contribution is 5.82. The molecule has 0 atom stereocenters. The third kappa shape index (κ3) is 6.03. The normalized spacial score (nSPS) is 11.3. The second kappa shape index (κ2) is 9.52. The lowest BCUT2D eigenvalue weighted by Crippen LogP contribution is -1.86. The maximum absolute atomic E-state index is 4.12. The van der Waals surface area contributed by atoms with Crippen molar-refractivity contribution in [2.24, 2.45) is 10.2 Å². The summed E-state index contributed by atoms with van der Waals surface area (Å²) < 4.78 is 0. The van der Waals surface area contributed by atoms with Crippen LogP contribution in [-0.2, 0) is 12.8 Å². The Labute approximate surface area is 139 Å². The van der Waals surface area contributed by atoms with Gasteiger partial charge < -0.3 is 0 Å². The molecule has 0 amide bonds. The smallest absolute Gasteiger partial charge is 0.0568 e. The van der Waals surface area contributed by atoms with Crippen LogP contribution in [-0.4, -0.2) is 12.4 Å². The number of benzene rings is 2. The predicted molar refractivity (Wildman–Crippen MR) is 101 cm³/mol. The third-order valence-corrected chi connectivity index (χ3v) is 3.64. The van der Waals surface area contributed by atoms with E-state index in [0.29, 0.717) is 0 Å².